The van der Waals surface area contributed by atoms with Crippen molar-refractivity contribution in [1.82, 2.24) is 4.57 Å². The van der Waals surface area contributed by atoms with Crippen molar-refractivity contribution < 1.29 is 4.74 Å². The molecule has 0 N–H and O–H groups in total. The summed E-state index contributed by atoms with van der Waals surface area (Å²) in [5.41, 5.74) is 2.28. The second-order valence-electron chi connectivity index (χ2n) is 5.39. The van der Waals surface area contributed by atoms with E-state index in [1.54, 1.807) is 0 Å². The average Bonchev–Trinajstić information content (AvgIpc) is 2.77. The summed E-state index contributed by atoms with van der Waals surface area (Å²) < 4.78 is 8.42. The first-order chi connectivity index (χ1) is 11.4. The van der Waals surface area contributed by atoms with E-state index < -0.39 is 0 Å². The zero-order valence-electron chi connectivity index (χ0n) is 13.4. The highest BCUT2D eigenvalue weighted by atomic mass is 16.5. The van der Waals surface area contributed by atoms with Crippen LogP contribution in [0.4, 0.5) is 0 Å². The van der Waals surface area contributed by atoms with Gasteiger partial charge >= 0.3 is 0 Å². The van der Waals surface area contributed by atoms with Gasteiger partial charge in [-0.15, -0.1) is 0 Å². The first-order valence-electron chi connectivity index (χ1n) is 8.21. The molecule has 0 bridgehead atoms. The number of para-hydroxylation sites is 3. The molecule has 2 aliphatic rings. The summed E-state index contributed by atoms with van der Waals surface area (Å²) in [6.07, 6.45) is 9.79. The summed E-state index contributed by atoms with van der Waals surface area (Å²) in [5.74, 6) is 1.85. The molecule has 0 saturated carbocycles. The minimum Gasteiger partial charge on any atom is -0.453 e. The molecule has 3 aromatic rings. The summed E-state index contributed by atoms with van der Waals surface area (Å²) >= 11 is 0. The SMILES string of the molecule is C1=CCC=c2c(n3c4c(cccc24)Oc2ccccc2-3)=C1.CC. The van der Waals surface area contributed by atoms with Gasteiger partial charge in [-0.1, -0.05) is 56.3 Å². The number of fused-ring (bicyclic) bond motifs is 5. The summed E-state index contributed by atoms with van der Waals surface area (Å²) in [4.78, 5) is 0. The highest BCUT2D eigenvalue weighted by molar-refractivity contribution is 5.91. The molecule has 1 aromatic heterocycles. The van der Waals surface area contributed by atoms with Crippen LogP contribution in [0.3, 0.4) is 0 Å². The molecular formula is C21H19NO. The highest BCUT2D eigenvalue weighted by Gasteiger charge is 2.21. The lowest BCUT2D eigenvalue weighted by molar-refractivity contribution is 0.475. The van der Waals surface area contributed by atoms with E-state index in [1.165, 1.54) is 21.5 Å². The molecule has 0 fully saturated rings. The maximum absolute atomic E-state index is 6.09. The van der Waals surface area contributed by atoms with E-state index in [4.69, 9.17) is 4.74 Å². The fourth-order valence-corrected chi connectivity index (χ4v) is 3.33. The van der Waals surface area contributed by atoms with Gasteiger partial charge < -0.3 is 9.30 Å². The smallest absolute Gasteiger partial charge is 0.152 e. The molecule has 1 aliphatic heterocycles. The van der Waals surface area contributed by atoms with Crippen LogP contribution in [0.5, 0.6) is 11.5 Å². The number of nitrogens with zero attached hydrogens (tertiary/aromatic N) is 1. The van der Waals surface area contributed by atoms with E-state index in [1.807, 2.05) is 32.0 Å². The Morgan fingerprint density at radius 2 is 1.78 bits per heavy atom. The van der Waals surface area contributed by atoms with E-state index in [9.17, 15) is 0 Å². The lowest BCUT2D eigenvalue weighted by Gasteiger charge is -2.20. The van der Waals surface area contributed by atoms with Crippen molar-refractivity contribution in [3.8, 4) is 17.2 Å². The Morgan fingerprint density at radius 1 is 0.957 bits per heavy atom. The Bertz CT molecular complexity index is 1040. The van der Waals surface area contributed by atoms with Gasteiger partial charge in [0.25, 0.3) is 0 Å². The van der Waals surface area contributed by atoms with E-state index in [0.29, 0.717) is 0 Å². The van der Waals surface area contributed by atoms with E-state index in [2.05, 4.69) is 53.1 Å². The van der Waals surface area contributed by atoms with Gasteiger partial charge in [-0.05, 0) is 30.7 Å². The minimum absolute atomic E-state index is 0.914. The number of hydrogen-bond acceptors (Lipinski definition) is 1. The van der Waals surface area contributed by atoms with Crippen LogP contribution in [0.1, 0.15) is 20.3 Å². The van der Waals surface area contributed by atoms with E-state index in [-0.39, 0.29) is 0 Å². The zero-order valence-corrected chi connectivity index (χ0v) is 13.4. The van der Waals surface area contributed by atoms with Crippen molar-refractivity contribution in [1.29, 1.82) is 0 Å². The monoisotopic (exact) mass is 301 g/mol. The summed E-state index contributed by atoms with van der Waals surface area (Å²) in [5, 5.41) is 3.80. The normalized spacial score (nSPS) is 13.5. The molecule has 2 heterocycles. The average molecular weight is 301 g/mol. The summed E-state index contributed by atoms with van der Waals surface area (Å²) in [6.45, 7) is 4.00. The molecule has 2 nitrogen and oxygen atoms in total. The fraction of sp³-hybridized carbons (Fsp3) is 0.143. The van der Waals surface area contributed by atoms with Crippen molar-refractivity contribution in [3.63, 3.8) is 0 Å². The quantitative estimate of drug-likeness (QED) is 0.473. The van der Waals surface area contributed by atoms with Crippen molar-refractivity contribution in [2.75, 3.05) is 0 Å². The molecule has 0 unspecified atom stereocenters. The molecule has 114 valence electrons. The maximum Gasteiger partial charge on any atom is 0.152 e. The molecule has 2 aromatic carbocycles. The third-order valence-corrected chi connectivity index (χ3v) is 4.20. The lowest BCUT2D eigenvalue weighted by atomic mass is 10.2. The first-order valence-corrected chi connectivity index (χ1v) is 8.21. The predicted octanol–water partition coefficient (Wildman–Crippen LogP) is 4.28. The Kier molecular flexibility index (Phi) is 3.30. The lowest BCUT2D eigenvalue weighted by Crippen LogP contribution is -2.28. The molecule has 0 spiro atoms. The number of benzene rings is 2. The van der Waals surface area contributed by atoms with Crippen LogP contribution in [0.25, 0.3) is 28.7 Å². The Balaban J connectivity index is 0.000000652. The summed E-state index contributed by atoms with van der Waals surface area (Å²) in [6, 6.07) is 14.5. The van der Waals surface area contributed by atoms with Gasteiger partial charge in [-0.3, -0.25) is 0 Å². The zero-order chi connectivity index (χ0) is 15.8. The molecular weight excluding hydrogens is 282 g/mol. The summed E-state index contributed by atoms with van der Waals surface area (Å²) in [7, 11) is 0. The molecule has 1 aliphatic carbocycles. The molecule has 0 saturated heterocycles. The number of allylic oxidation sites excluding steroid dienone is 2. The molecule has 5 rings (SSSR count). The van der Waals surface area contributed by atoms with Crippen LogP contribution < -0.4 is 15.3 Å². The Labute approximate surface area is 135 Å². The van der Waals surface area contributed by atoms with Crippen molar-refractivity contribution in [2.24, 2.45) is 0 Å². The molecule has 2 heteroatoms. The third-order valence-electron chi connectivity index (χ3n) is 4.20. The van der Waals surface area contributed by atoms with Gasteiger partial charge in [0.1, 0.15) is 0 Å². The Morgan fingerprint density at radius 3 is 2.70 bits per heavy atom. The minimum atomic E-state index is 0.914. The van der Waals surface area contributed by atoms with Gasteiger partial charge in [0, 0.05) is 10.6 Å². The first kappa shape index (κ1) is 13.9. The standard InChI is InChI=1S/C19H13NO.C2H6/c1-2-7-13-14-8-6-12-18-19(14)20(15(13)9-3-1)16-10-4-5-11-17(16)21-18;1-2/h1,3-12H,2H2;1-2H3. The maximum atomic E-state index is 6.09. The van der Waals surface area contributed by atoms with Crippen molar-refractivity contribution in [3.05, 3.63) is 65.2 Å². The van der Waals surface area contributed by atoms with Crippen LogP contribution in [0.2, 0.25) is 0 Å². The van der Waals surface area contributed by atoms with E-state index in [0.717, 1.165) is 23.6 Å². The molecule has 0 radical (unpaired) electrons. The van der Waals surface area contributed by atoms with Gasteiger partial charge in [0.2, 0.25) is 0 Å². The van der Waals surface area contributed by atoms with Gasteiger partial charge in [-0.2, -0.15) is 0 Å². The van der Waals surface area contributed by atoms with Crippen LogP contribution in [0.15, 0.2) is 54.6 Å². The predicted molar refractivity (Wildman–Crippen MR) is 96.6 cm³/mol. The van der Waals surface area contributed by atoms with Crippen LogP contribution >= 0.6 is 0 Å². The van der Waals surface area contributed by atoms with Crippen LogP contribution in [-0.2, 0) is 0 Å². The van der Waals surface area contributed by atoms with Gasteiger partial charge in [0.15, 0.2) is 11.5 Å². The fourth-order valence-electron chi connectivity index (χ4n) is 3.33. The number of aromatic nitrogens is 1. The van der Waals surface area contributed by atoms with Gasteiger partial charge in [0.05, 0.1) is 16.6 Å². The van der Waals surface area contributed by atoms with Crippen molar-refractivity contribution >= 4 is 23.1 Å². The molecule has 0 amide bonds. The van der Waals surface area contributed by atoms with Crippen molar-refractivity contribution in [2.45, 2.75) is 20.3 Å². The van der Waals surface area contributed by atoms with Crippen LogP contribution in [-0.4, -0.2) is 4.57 Å². The Hall–Kier alpha value is -2.74. The molecule has 0 atom stereocenters. The van der Waals surface area contributed by atoms with Crippen LogP contribution in [0, 0.1) is 0 Å². The highest BCUT2D eigenvalue weighted by Crippen LogP contribution is 2.38. The topological polar surface area (TPSA) is 14.2 Å². The second-order valence-corrected chi connectivity index (χ2v) is 5.39. The van der Waals surface area contributed by atoms with E-state index >= 15 is 0 Å². The number of ether oxygens (including phenoxy) is 1. The van der Waals surface area contributed by atoms with Gasteiger partial charge in [-0.25, -0.2) is 0 Å². The second kappa shape index (κ2) is 5.47. The largest absolute Gasteiger partial charge is 0.453 e. The number of hydrogen-bond donors (Lipinski definition) is 0. The third kappa shape index (κ3) is 1.95. The number of rotatable bonds is 0. The molecule has 23 heavy (non-hydrogen) atoms.